The van der Waals surface area contributed by atoms with E-state index >= 15 is 0 Å². The van der Waals surface area contributed by atoms with E-state index in [2.05, 4.69) is 0 Å². The molecule has 6 heteroatoms. The van der Waals surface area contributed by atoms with Crippen molar-refractivity contribution in [3.63, 3.8) is 0 Å². The van der Waals surface area contributed by atoms with Gasteiger partial charge >= 0.3 is 12.1 Å². The van der Waals surface area contributed by atoms with Gasteiger partial charge in [-0.25, -0.2) is 4.79 Å². The van der Waals surface area contributed by atoms with Crippen molar-refractivity contribution < 1.29 is 27.8 Å². The van der Waals surface area contributed by atoms with E-state index in [1.807, 2.05) is 0 Å². The Morgan fingerprint density at radius 2 is 1.77 bits per heavy atom. The fourth-order valence-corrected chi connectivity index (χ4v) is 2.77. The summed E-state index contributed by atoms with van der Waals surface area (Å²) in [6.07, 6.45) is -2.38. The summed E-state index contributed by atoms with van der Waals surface area (Å²) >= 11 is 0. The van der Waals surface area contributed by atoms with Crippen LogP contribution in [-0.4, -0.2) is 23.4 Å². The highest BCUT2D eigenvalue weighted by Crippen LogP contribution is 2.34. The van der Waals surface area contributed by atoms with E-state index in [0.29, 0.717) is 0 Å². The fourth-order valence-electron chi connectivity index (χ4n) is 2.77. The minimum atomic E-state index is -4.57. The molecule has 1 aliphatic rings. The summed E-state index contributed by atoms with van der Waals surface area (Å²) in [6, 6.07) is 4.96. The number of aromatic hydroxyl groups is 1. The van der Waals surface area contributed by atoms with Crippen molar-refractivity contribution in [3.05, 3.63) is 29.8 Å². The zero-order chi connectivity index (χ0) is 16.2. The van der Waals surface area contributed by atoms with Gasteiger partial charge in [0, 0.05) is 0 Å². The smallest absolute Gasteiger partial charge is 0.425 e. The third-order valence-electron chi connectivity index (χ3n) is 3.99. The number of hydrogen-bond donors (Lipinski definition) is 1. The Morgan fingerprint density at radius 1 is 1.18 bits per heavy atom. The fraction of sp³-hybridized carbons (Fsp3) is 0.562. The number of carbonyl (C=O) groups is 1. The molecular weight excluding hydrogens is 297 g/mol. The second kappa shape index (κ2) is 7.03. The van der Waals surface area contributed by atoms with Crippen molar-refractivity contribution in [1.29, 1.82) is 0 Å². The van der Waals surface area contributed by atoms with Gasteiger partial charge in [-0.1, -0.05) is 32.1 Å². The van der Waals surface area contributed by atoms with Crippen LogP contribution in [0.4, 0.5) is 13.2 Å². The van der Waals surface area contributed by atoms with Crippen molar-refractivity contribution in [1.82, 2.24) is 0 Å². The van der Waals surface area contributed by atoms with Crippen LogP contribution in [0.5, 0.6) is 5.75 Å². The molecular formula is C16H19F3O3. The lowest BCUT2D eigenvalue weighted by Crippen LogP contribution is -2.36. The van der Waals surface area contributed by atoms with Crippen LogP contribution < -0.4 is 0 Å². The van der Waals surface area contributed by atoms with Crippen molar-refractivity contribution in [2.75, 3.05) is 0 Å². The number of carbonyl (C=O) groups excluding carboxylic acids is 1. The molecule has 22 heavy (non-hydrogen) atoms. The zero-order valence-corrected chi connectivity index (χ0v) is 12.1. The van der Waals surface area contributed by atoms with Gasteiger partial charge in [-0.3, -0.25) is 0 Å². The second-order valence-electron chi connectivity index (χ2n) is 5.72. The van der Waals surface area contributed by atoms with Gasteiger partial charge in [-0.2, -0.15) is 13.2 Å². The number of phenolic OH excluding ortho intramolecular Hbond substituents is 1. The number of hydrogen-bond acceptors (Lipinski definition) is 3. The molecule has 1 fully saturated rings. The van der Waals surface area contributed by atoms with Crippen molar-refractivity contribution in [2.45, 2.75) is 50.8 Å². The third kappa shape index (κ3) is 4.64. The minimum absolute atomic E-state index is 0.00399. The molecule has 1 N–H and O–H groups in total. The zero-order valence-electron chi connectivity index (χ0n) is 12.1. The van der Waals surface area contributed by atoms with Crippen LogP contribution in [0.1, 0.15) is 48.9 Å². The summed E-state index contributed by atoms with van der Waals surface area (Å²) in [7, 11) is 0. The molecule has 1 aromatic carbocycles. The van der Waals surface area contributed by atoms with Gasteiger partial charge in [0.05, 0.1) is 5.56 Å². The van der Waals surface area contributed by atoms with E-state index in [1.165, 1.54) is 24.3 Å². The first kappa shape index (κ1) is 16.6. The molecule has 0 heterocycles. The molecule has 3 nitrogen and oxygen atoms in total. The predicted octanol–water partition coefficient (Wildman–Crippen LogP) is 4.45. The highest BCUT2D eigenvalue weighted by molar-refractivity contribution is 5.89. The first-order valence-corrected chi connectivity index (χ1v) is 7.43. The number of phenols is 1. The van der Waals surface area contributed by atoms with Crippen LogP contribution >= 0.6 is 0 Å². The van der Waals surface area contributed by atoms with Gasteiger partial charge in [-0.05, 0) is 36.6 Å². The topological polar surface area (TPSA) is 46.5 Å². The lowest BCUT2D eigenvalue weighted by Gasteiger charge is -2.27. The molecule has 0 bridgehead atoms. The highest BCUT2D eigenvalue weighted by Gasteiger charge is 2.44. The van der Waals surface area contributed by atoms with Crippen LogP contribution in [0, 0.1) is 5.92 Å². The van der Waals surface area contributed by atoms with Gasteiger partial charge in [0.25, 0.3) is 0 Å². The van der Waals surface area contributed by atoms with Crippen LogP contribution in [0.3, 0.4) is 0 Å². The molecule has 1 atom stereocenters. The maximum Gasteiger partial charge on any atom is 0.425 e. The largest absolute Gasteiger partial charge is 0.508 e. The van der Waals surface area contributed by atoms with Crippen molar-refractivity contribution >= 4 is 5.97 Å². The highest BCUT2D eigenvalue weighted by atomic mass is 19.4. The molecule has 0 amide bonds. The Hall–Kier alpha value is -1.72. The molecule has 2 rings (SSSR count). The maximum absolute atomic E-state index is 13.1. The molecule has 0 aliphatic heterocycles. The van der Waals surface area contributed by atoms with E-state index in [9.17, 15) is 18.0 Å². The first-order valence-electron chi connectivity index (χ1n) is 7.43. The average Bonchev–Trinajstić information content (AvgIpc) is 2.47. The van der Waals surface area contributed by atoms with E-state index in [1.54, 1.807) is 0 Å². The lowest BCUT2D eigenvalue weighted by molar-refractivity contribution is -0.209. The van der Waals surface area contributed by atoms with Gasteiger partial charge < -0.3 is 9.84 Å². The summed E-state index contributed by atoms with van der Waals surface area (Å²) in [6.45, 7) is 0. The number of esters is 1. The average molecular weight is 316 g/mol. The molecule has 0 aromatic heterocycles. The third-order valence-corrected chi connectivity index (χ3v) is 3.99. The molecule has 1 aromatic rings. The SMILES string of the molecule is O=C(OC(CC1CCCCC1)C(F)(F)F)c1ccc(O)cc1. The van der Waals surface area contributed by atoms with Crippen LogP contribution in [0.25, 0.3) is 0 Å². The summed E-state index contributed by atoms with van der Waals surface area (Å²) in [4.78, 5) is 11.9. The first-order chi connectivity index (χ1) is 10.4. The Kier molecular flexibility index (Phi) is 5.32. The van der Waals surface area contributed by atoms with E-state index in [4.69, 9.17) is 9.84 Å². The normalized spacial score (nSPS) is 18.0. The summed E-state index contributed by atoms with van der Waals surface area (Å²) in [5.74, 6) is -1.13. The number of ether oxygens (including phenoxy) is 1. The van der Waals surface area contributed by atoms with Crippen LogP contribution in [-0.2, 0) is 4.74 Å². The Labute approximate surface area is 127 Å². The van der Waals surface area contributed by atoms with E-state index in [-0.39, 0.29) is 23.7 Å². The molecule has 1 unspecified atom stereocenters. The summed E-state index contributed by atoms with van der Waals surface area (Å²) in [5, 5.41) is 9.13. The van der Waals surface area contributed by atoms with E-state index < -0.39 is 18.2 Å². The Bertz CT molecular complexity index is 490. The minimum Gasteiger partial charge on any atom is -0.508 e. The monoisotopic (exact) mass is 316 g/mol. The van der Waals surface area contributed by atoms with E-state index in [0.717, 1.165) is 32.1 Å². The molecule has 0 spiro atoms. The van der Waals surface area contributed by atoms with Gasteiger partial charge in [0.15, 0.2) is 6.10 Å². The van der Waals surface area contributed by atoms with Crippen LogP contribution in [0.15, 0.2) is 24.3 Å². The van der Waals surface area contributed by atoms with Crippen molar-refractivity contribution in [2.24, 2.45) is 5.92 Å². The Morgan fingerprint density at radius 3 is 2.32 bits per heavy atom. The number of alkyl halides is 3. The Balaban J connectivity index is 2.02. The second-order valence-corrected chi connectivity index (χ2v) is 5.72. The lowest BCUT2D eigenvalue weighted by atomic mass is 9.85. The summed E-state index contributed by atoms with van der Waals surface area (Å²) < 4.78 is 44.0. The standard InChI is InChI=1S/C16H19F3O3/c17-16(18,19)14(10-11-4-2-1-3-5-11)22-15(21)12-6-8-13(20)9-7-12/h6-9,11,14,20H,1-5,10H2. The molecule has 1 aliphatic carbocycles. The molecule has 122 valence electrons. The number of rotatable bonds is 4. The summed E-state index contributed by atoms with van der Waals surface area (Å²) in [5.41, 5.74) is -0.00399. The number of benzene rings is 1. The van der Waals surface area contributed by atoms with Crippen molar-refractivity contribution in [3.8, 4) is 5.75 Å². The molecule has 0 saturated heterocycles. The number of halogens is 3. The molecule has 0 radical (unpaired) electrons. The van der Waals surface area contributed by atoms with Crippen LogP contribution in [0.2, 0.25) is 0 Å². The predicted molar refractivity (Wildman–Crippen MR) is 74.6 cm³/mol. The van der Waals surface area contributed by atoms with Gasteiger partial charge in [0.1, 0.15) is 5.75 Å². The van der Waals surface area contributed by atoms with Gasteiger partial charge in [0.2, 0.25) is 0 Å². The maximum atomic E-state index is 13.1. The molecule has 1 saturated carbocycles. The van der Waals surface area contributed by atoms with Gasteiger partial charge in [-0.15, -0.1) is 0 Å². The quantitative estimate of drug-likeness (QED) is 0.835.